The fourth-order valence-corrected chi connectivity index (χ4v) is 2.32. The van der Waals surface area contributed by atoms with E-state index in [0.29, 0.717) is 25.1 Å². The predicted octanol–water partition coefficient (Wildman–Crippen LogP) is 0.782. The van der Waals surface area contributed by atoms with E-state index >= 15 is 0 Å². The third-order valence-electron chi connectivity index (χ3n) is 3.30. The van der Waals surface area contributed by atoms with E-state index in [0.717, 1.165) is 12.0 Å². The minimum absolute atomic E-state index is 0.207. The lowest BCUT2D eigenvalue weighted by Crippen LogP contribution is -2.45. The third-order valence-corrected chi connectivity index (χ3v) is 3.30. The molecule has 1 saturated heterocycles. The Morgan fingerprint density at radius 3 is 3.00 bits per heavy atom. The quantitative estimate of drug-likeness (QED) is 0.812. The molecule has 0 radical (unpaired) electrons. The van der Waals surface area contributed by atoms with Gasteiger partial charge < -0.3 is 10.6 Å². The molecule has 5 heteroatoms. The molecule has 2 amide bonds. The molecule has 5 nitrogen and oxygen atoms in total. The molecule has 1 unspecified atom stereocenters. The Morgan fingerprint density at radius 1 is 1.53 bits per heavy atom. The zero-order chi connectivity index (χ0) is 13.8. The van der Waals surface area contributed by atoms with Gasteiger partial charge in [-0.25, -0.2) is 0 Å². The highest BCUT2D eigenvalue weighted by Gasteiger charge is 2.32. The van der Waals surface area contributed by atoms with Crippen LogP contribution in [0.3, 0.4) is 0 Å². The average Bonchev–Trinajstić information content (AvgIpc) is 2.41. The first-order chi connectivity index (χ1) is 9.11. The molecule has 0 spiro atoms. The number of nitrogens with two attached hydrogens (primary N) is 1. The second kappa shape index (κ2) is 5.53. The highest BCUT2D eigenvalue weighted by molar-refractivity contribution is 5.99. The maximum absolute atomic E-state index is 12.1. The van der Waals surface area contributed by atoms with Gasteiger partial charge in [-0.15, -0.1) is 0 Å². The minimum Gasteiger partial charge on any atom is -0.369 e. The van der Waals surface area contributed by atoms with E-state index in [4.69, 9.17) is 11.0 Å². The van der Waals surface area contributed by atoms with E-state index in [2.05, 4.69) is 6.07 Å². The smallest absolute Gasteiger partial charge is 0.235 e. The van der Waals surface area contributed by atoms with Gasteiger partial charge in [0.25, 0.3) is 0 Å². The normalized spacial score (nSPS) is 19.0. The highest BCUT2D eigenvalue weighted by Crippen LogP contribution is 2.20. The van der Waals surface area contributed by atoms with Crippen molar-refractivity contribution in [2.45, 2.75) is 19.4 Å². The second-order valence-electron chi connectivity index (χ2n) is 4.67. The monoisotopic (exact) mass is 257 g/mol. The number of amides is 2. The molecule has 1 heterocycles. The maximum Gasteiger partial charge on any atom is 0.235 e. The molecular weight excluding hydrogens is 242 g/mol. The van der Waals surface area contributed by atoms with Gasteiger partial charge in [-0.3, -0.25) is 9.59 Å². The maximum atomic E-state index is 12.1. The largest absolute Gasteiger partial charge is 0.369 e. The van der Waals surface area contributed by atoms with Gasteiger partial charge in [-0.1, -0.05) is 12.1 Å². The van der Waals surface area contributed by atoms with Crippen LogP contribution in [0.15, 0.2) is 24.3 Å². The Balaban J connectivity index is 2.12. The van der Waals surface area contributed by atoms with Crippen LogP contribution in [-0.4, -0.2) is 23.3 Å². The number of hydrogen-bond donors (Lipinski definition) is 1. The molecule has 1 aromatic carbocycles. The molecule has 98 valence electrons. The van der Waals surface area contributed by atoms with Gasteiger partial charge in [0.1, 0.15) is 5.92 Å². The first-order valence-electron chi connectivity index (χ1n) is 6.19. The van der Waals surface area contributed by atoms with Crippen molar-refractivity contribution in [2.24, 2.45) is 11.7 Å². The van der Waals surface area contributed by atoms with Gasteiger partial charge in [-0.05, 0) is 30.5 Å². The van der Waals surface area contributed by atoms with E-state index < -0.39 is 11.8 Å². The number of nitriles is 1. The number of rotatable bonds is 3. The summed E-state index contributed by atoms with van der Waals surface area (Å²) in [6.45, 7) is 1.04. The van der Waals surface area contributed by atoms with Crippen LogP contribution in [0.1, 0.15) is 24.0 Å². The number of piperidine rings is 1. The number of primary amides is 1. The summed E-state index contributed by atoms with van der Waals surface area (Å²) in [6.07, 6.45) is 1.31. The summed E-state index contributed by atoms with van der Waals surface area (Å²) >= 11 is 0. The molecule has 1 atom stereocenters. The van der Waals surface area contributed by atoms with Gasteiger partial charge in [0, 0.05) is 13.1 Å². The summed E-state index contributed by atoms with van der Waals surface area (Å²) in [4.78, 5) is 24.9. The Morgan fingerprint density at radius 2 is 2.32 bits per heavy atom. The SMILES string of the molecule is N#Cc1cccc(CN2CCCC(C(N)=O)C2=O)c1. The molecule has 1 aliphatic heterocycles. The van der Waals surface area contributed by atoms with Gasteiger partial charge in [0.05, 0.1) is 11.6 Å². The summed E-state index contributed by atoms with van der Waals surface area (Å²) in [5.41, 5.74) is 6.68. The first-order valence-corrected chi connectivity index (χ1v) is 6.19. The molecule has 0 aromatic heterocycles. The molecule has 0 bridgehead atoms. The fourth-order valence-electron chi connectivity index (χ4n) is 2.32. The number of benzene rings is 1. The van der Waals surface area contributed by atoms with Gasteiger partial charge in [0.15, 0.2) is 0 Å². The Bertz CT molecular complexity index is 548. The first kappa shape index (κ1) is 13.1. The van der Waals surface area contributed by atoms with Gasteiger partial charge >= 0.3 is 0 Å². The molecule has 2 N–H and O–H groups in total. The van der Waals surface area contributed by atoms with Crippen LogP contribution in [0.2, 0.25) is 0 Å². The number of likely N-dealkylation sites (tertiary alicyclic amines) is 1. The van der Waals surface area contributed by atoms with Crippen molar-refractivity contribution in [1.82, 2.24) is 4.90 Å². The Labute approximate surface area is 111 Å². The molecule has 1 aromatic rings. The molecule has 0 aliphatic carbocycles. The van der Waals surface area contributed by atoms with Crippen LogP contribution in [0, 0.1) is 17.2 Å². The predicted molar refractivity (Wildman–Crippen MR) is 68.5 cm³/mol. The van der Waals surface area contributed by atoms with Crippen molar-refractivity contribution in [1.29, 1.82) is 5.26 Å². The minimum atomic E-state index is -0.701. The van der Waals surface area contributed by atoms with Gasteiger partial charge in [-0.2, -0.15) is 5.26 Å². The van der Waals surface area contributed by atoms with Crippen molar-refractivity contribution < 1.29 is 9.59 Å². The lowest BCUT2D eigenvalue weighted by atomic mass is 9.96. The average molecular weight is 257 g/mol. The second-order valence-corrected chi connectivity index (χ2v) is 4.67. The molecule has 1 fully saturated rings. The molecule has 2 rings (SSSR count). The zero-order valence-electron chi connectivity index (χ0n) is 10.5. The fraction of sp³-hybridized carbons (Fsp3) is 0.357. The topological polar surface area (TPSA) is 87.2 Å². The van der Waals surface area contributed by atoms with Crippen molar-refractivity contribution in [3.8, 4) is 6.07 Å². The summed E-state index contributed by atoms with van der Waals surface area (Å²) in [7, 11) is 0. The summed E-state index contributed by atoms with van der Waals surface area (Å²) in [5, 5.41) is 8.84. The van der Waals surface area contributed by atoms with Crippen LogP contribution >= 0.6 is 0 Å². The lowest BCUT2D eigenvalue weighted by molar-refractivity contribution is -0.144. The van der Waals surface area contributed by atoms with Crippen LogP contribution in [0.25, 0.3) is 0 Å². The zero-order valence-corrected chi connectivity index (χ0v) is 10.5. The standard InChI is InChI=1S/C14H15N3O2/c15-8-10-3-1-4-11(7-10)9-17-6-2-5-12(13(16)18)14(17)19/h1,3-4,7,12H,2,5-6,9H2,(H2,16,18). The van der Waals surface area contributed by atoms with Gasteiger partial charge in [0.2, 0.25) is 11.8 Å². The van der Waals surface area contributed by atoms with Crippen molar-refractivity contribution in [3.63, 3.8) is 0 Å². The lowest BCUT2D eigenvalue weighted by Gasteiger charge is -2.30. The number of carbonyl (C=O) groups excluding carboxylic acids is 2. The van der Waals surface area contributed by atoms with Crippen LogP contribution in [-0.2, 0) is 16.1 Å². The van der Waals surface area contributed by atoms with Crippen LogP contribution in [0.5, 0.6) is 0 Å². The summed E-state index contributed by atoms with van der Waals surface area (Å²) in [6, 6.07) is 9.18. The van der Waals surface area contributed by atoms with Crippen LogP contribution < -0.4 is 5.73 Å². The van der Waals surface area contributed by atoms with Crippen LogP contribution in [0.4, 0.5) is 0 Å². The number of hydrogen-bond acceptors (Lipinski definition) is 3. The number of nitrogens with zero attached hydrogens (tertiary/aromatic N) is 2. The molecule has 1 aliphatic rings. The molecular formula is C14H15N3O2. The van der Waals surface area contributed by atoms with E-state index in [1.165, 1.54) is 0 Å². The third kappa shape index (κ3) is 2.91. The van der Waals surface area contributed by atoms with Crippen molar-refractivity contribution in [3.05, 3.63) is 35.4 Å². The van der Waals surface area contributed by atoms with E-state index in [1.807, 2.05) is 6.07 Å². The molecule has 19 heavy (non-hydrogen) atoms. The van der Waals surface area contributed by atoms with E-state index in [1.54, 1.807) is 23.1 Å². The Kier molecular flexibility index (Phi) is 3.81. The van der Waals surface area contributed by atoms with Crippen molar-refractivity contribution >= 4 is 11.8 Å². The Hall–Kier alpha value is -2.35. The highest BCUT2D eigenvalue weighted by atomic mass is 16.2. The van der Waals surface area contributed by atoms with Crippen molar-refractivity contribution in [2.75, 3.05) is 6.54 Å². The van der Waals surface area contributed by atoms with E-state index in [-0.39, 0.29) is 5.91 Å². The van der Waals surface area contributed by atoms with E-state index in [9.17, 15) is 9.59 Å². The molecule has 0 saturated carbocycles. The summed E-state index contributed by atoms with van der Waals surface area (Å²) < 4.78 is 0. The number of carbonyl (C=O) groups is 2. The summed E-state index contributed by atoms with van der Waals surface area (Å²) in [5.74, 6) is -1.46.